The van der Waals surface area contributed by atoms with Crippen molar-refractivity contribution in [2.24, 2.45) is 4.99 Å². The number of fused-ring (bicyclic) bond motifs is 1. The number of hydrogen-bond donors (Lipinski definition) is 1. The first kappa shape index (κ1) is 31.6. The Morgan fingerprint density at radius 2 is 1.36 bits per heavy atom. The lowest BCUT2D eigenvalue weighted by Gasteiger charge is -2.27. The number of aryl methyl sites for hydroxylation is 2. The second-order valence-electron chi connectivity index (χ2n) is 15.0. The molecule has 2 heterocycles. The summed E-state index contributed by atoms with van der Waals surface area (Å²) < 4.78 is 1.14. The summed E-state index contributed by atoms with van der Waals surface area (Å²) in [5, 5.41) is 12.3. The molecule has 4 nitrogen and oxygen atoms in total. The first-order valence-corrected chi connectivity index (χ1v) is 16.2. The minimum Gasteiger partial charge on any atom is -0.507 e. The van der Waals surface area contributed by atoms with Crippen LogP contribution in [0.2, 0.25) is 0 Å². The maximum atomic E-state index is 11.3. The van der Waals surface area contributed by atoms with Crippen molar-refractivity contribution in [3.8, 4) is 27.4 Å². The molecule has 5 heteroatoms. The summed E-state index contributed by atoms with van der Waals surface area (Å²) in [7, 11) is 0. The molecule has 5 aromatic rings. The summed E-state index contributed by atoms with van der Waals surface area (Å²) in [6, 6.07) is 21.1. The Morgan fingerprint density at radius 1 is 0.705 bits per heavy atom. The van der Waals surface area contributed by atoms with E-state index in [0.717, 1.165) is 60.1 Å². The van der Waals surface area contributed by atoms with Crippen LogP contribution < -0.4 is 0 Å². The van der Waals surface area contributed by atoms with Gasteiger partial charge in [0.25, 0.3) is 0 Å². The van der Waals surface area contributed by atoms with Gasteiger partial charge in [-0.25, -0.2) is 4.98 Å². The molecule has 5 rings (SSSR count). The third-order valence-electron chi connectivity index (χ3n) is 8.17. The average molecular weight is 604 g/mol. The van der Waals surface area contributed by atoms with Crippen molar-refractivity contribution in [1.82, 2.24) is 9.97 Å². The van der Waals surface area contributed by atoms with Gasteiger partial charge >= 0.3 is 0 Å². The van der Waals surface area contributed by atoms with Gasteiger partial charge < -0.3 is 5.11 Å². The number of benzene rings is 3. The maximum Gasteiger partial charge on any atom is 0.128 e. The second-order valence-corrected chi connectivity index (χ2v) is 16.0. The van der Waals surface area contributed by atoms with E-state index < -0.39 is 0 Å². The molecule has 0 fully saturated rings. The zero-order valence-corrected chi connectivity index (χ0v) is 28.9. The van der Waals surface area contributed by atoms with Crippen molar-refractivity contribution in [2.45, 2.75) is 92.4 Å². The van der Waals surface area contributed by atoms with Gasteiger partial charge in [-0.05, 0) is 77.6 Å². The Balaban J connectivity index is 1.66. The zero-order valence-electron chi connectivity index (χ0n) is 28.0. The molecule has 0 aliphatic carbocycles. The number of thiazole rings is 1. The molecule has 0 bridgehead atoms. The largest absolute Gasteiger partial charge is 0.507 e. The van der Waals surface area contributed by atoms with E-state index in [9.17, 15) is 5.11 Å². The third kappa shape index (κ3) is 6.34. The summed E-state index contributed by atoms with van der Waals surface area (Å²) >= 11 is 1.69. The van der Waals surface area contributed by atoms with Gasteiger partial charge in [0.2, 0.25) is 0 Å². The zero-order chi connectivity index (χ0) is 32.2. The van der Waals surface area contributed by atoms with Crippen molar-refractivity contribution >= 4 is 33.5 Å². The van der Waals surface area contributed by atoms with Crippen LogP contribution in [0.4, 0.5) is 5.69 Å². The number of rotatable bonds is 4. The molecular formula is C39H45N3OS. The number of aromatic nitrogens is 2. The number of hydrogen-bond acceptors (Lipinski definition) is 5. The van der Waals surface area contributed by atoms with Gasteiger partial charge in [-0.1, -0.05) is 86.6 Å². The van der Waals surface area contributed by atoms with Gasteiger partial charge in [0.15, 0.2) is 0 Å². The highest BCUT2D eigenvalue weighted by Crippen LogP contribution is 2.42. The van der Waals surface area contributed by atoms with E-state index in [0.29, 0.717) is 0 Å². The summed E-state index contributed by atoms with van der Waals surface area (Å²) in [6.45, 7) is 23.8. The molecule has 0 amide bonds. The molecule has 0 atom stereocenters. The van der Waals surface area contributed by atoms with Crippen LogP contribution in [-0.2, 0) is 16.2 Å². The van der Waals surface area contributed by atoms with Gasteiger partial charge in [0.1, 0.15) is 10.8 Å². The molecular weight excluding hydrogens is 559 g/mol. The Hall–Kier alpha value is -3.83. The van der Waals surface area contributed by atoms with E-state index in [-0.39, 0.29) is 22.0 Å². The van der Waals surface area contributed by atoms with Gasteiger partial charge in [-0.2, -0.15) is 0 Å². The number of nitrogens with zero attached hydrogens (tertiary/aromatic N) is 3. The molecule has 0 aliphatic rings. The predicted octanol–water partition coefficient (Wildman–Crippen LogP) is 11.0. The summed E-state index contributed by atoms with van der Waals surface area (Å²) in [5.41, 5.74) is 10.8. The van der Waals surface area contributed by atoms with Crippen LogP contribution in [-0.4, -0.2) is 21.3 Å². The third-order valence-corrected chi connectivity index (χ3v) is 9.20. The molecule has 228 valence electrons. The first-order valence-electron chi connectivity index (χ1n) is 15.3. The highest BCUT2D eigenvalue weighted by atomic mass is 32.1. The van der Waals surface area contributed by atoms with Crippen LogP contribution in [0.3, 0.4) is 0 Å². The monoisotopic (exact) mass is 603 g/mol. The minimum absolute atomic E-state index is 0.0170. The minimum atomic E-state index is -0.207. The number of aromatic hydroxyl groups is 1. The number of phenols is 1. The lowest BCUT2D eigenvalue weighted by atomic mass is 9.79. The van der Waals surface area contributed by atoms with E-state index >= 15 is 0 Å². The Labute approximate surface area is 267 Å². The topological polar surface area (TPSA) is 58.4 Å². The molecule has 0 saturated carbocycles. The van der Waals surface area contributed by atoms with Crippen LogP contribution in [0.5, 0.6) is 5.75 Å². The summed E-state index contributed by atoms with van der Waals surface area (Å²) in [4.78, 5) is 15.0. The number of phenolic OH excluding ortho intramolecular Hbond substituents is 1. The smallest absolute Gasteiger partial charge is 0.128 e. The van der Waals surface area contributed by atoms with Crippen LogP contribution in [0.1, 0.15) is 96.0 Å². The number of pyridine rings is 1. The Morgan fingerprint density at radius 3 is 2.00 bits per heavy atom. The molecule has 44 heavy (non-hydrogen) atoms. The molecule has 0 unspecified atom stereocenters. The van der Waals surface area contributed by atoms with Crippen molar-refractivity contribution in [1.29, 1.82) is 0 Å². The lowest BCUT2D eigenvalue weighted by Crippen LogP contribution is -2.17. The standard InChI is InChI=1S/C39H45N3OS/c1-23-16-17-28(24(2)41-23)30-19-27(38(6,7)8)21-33-34(30)42-36(44-33)29-14-12-13-15-32(29)40-22-25-18-26(37(3,4)5)20-31(35(25)43)39(9,10)11/h12-22,43H,1-11H3. The lowest BCUT2D eigenvalue weighted by molar-refractivity contribution is 0.444. The fourth-order valence-corrected chi connectivity index (χ4v) is 6.49. The first-order chi connectivity index (χ1) is 20.4. The predicted molar refractivity (Wildman–Crippen MR) is 189 cm³/mol. The highest BCUT2D eigenvalue weighted by molar-refractivity contribution is 7.21. The molecule has 3 aromatic carbocycles. The molecule has 0 radical (unpaired) electrons. The van der Waals surface area contributed by atoms with Crippen molar-refractivity contribution in [2.75, 3.05) is 0 Å². The molecule has 1 N–H and O–H groups in total. The van der Waals surface area contributed by atoms with Crippen LogP contribution in [0.25, 0.3) is 31.9 Å². The quantitative estimate of drug-likeness (QED) is 0.208. The Kier molecular flexibility index (Phi) is 8.09. The van der Waals surface area contributed by atoms with E-state index in [2.05, 4.69) is 112 Å². The van der Waals surface area contributed by atoms with E-state index in [1.165, 1.54) is 11.1 Å². The van der Waals surface area contributed by atoms with E-state index in [4.69, 9.17) is 15.0 Å². The van der Waals surface area contributed by atoms with Crippen molar-refractivity contribution < 1.29 is 5.11 Å². The van der Waals surface area contributed by atoms with Gasteiger partial charge in [0, 0.05) is 45.4 Å². The fourth-order valence-electron chi connectivity index (χ4n) is 5.42. The van der Waals surface area contributed by atoms with Crippen LogP contribution in [0, 0.1) is 13.8 Å². The van der Waals surface area contributed by atoms with Crippen molar-refractivity contribution in [3.63, 3.8) is 0 Å². The summed E-state index contributed by atoms with van der Waals surface area (Å²) in [5.74, 6) is 0.285. The molecule has 2 aromatic heterocycles. The second kappa shape index (κ2) is 11.3. The number of aliphatic imine (C=N–C) groups is 1. The molecule has 0 aliphatic heterocycles. The van der Waals surface area contributed by atoms with E-state index in [1.807, 2.05) is 25.1 Å². The molecule has 0 spiro atoms. The Bertz CT molecular complexity index is 1890. The van der Waals surface area contributed by atoms with Crippen molar-refractivity contribution in [3.05, 3.63) is 94.3 Å². The van der Waals surface area contributed by atoms with Gasteiger partial charge in [-0.15, -0.1) is 11.3 Å². The average Bonchev–Trinajstić information content (AvgIpc) is 3.35. The van der Waals surface area contributed by atoms with Gasteiger partial charge in [0.05, 0.1) is 15.9 Å². The fraction of sp³-hybridized carbons (Fsp3) is 0.359. The summed E-state index contributed by atoms with van der Waals surface area (Å²) in [6.07, 6.45) is 1.80. The van der Waals surface area contributed by atoms with Crippen LogP contribution >= 0.6 is 11.3 Å². The maximum absolute atomic E-state index is 11.3. The normalized spacial score (nSPS) is 12.9. The number of para-hydroxylation sites is 1. The molecule has 0 saturated heterocycles. The van der Waals surface area contributed by atoms with E-state index in [1.54, 1.807) is 17.6 Å². The highest BCUT2D eigenvalue weighted by Gasteiger charge is 2.25. The van der Waals surface area contributed by atoms with Gasteiger partial charge in [-0.3, -0.25) is 9.98 Å². The SMILES string of the molecule is Cc1ccc(-c2cc(C(C)(C)C)cc3sc(-c4ccccc4N=Cc4cc(C(C)(C)C)cc(C(C)(C)C)c4O)nc23)c(C)n1. The van der Waals surface area contributed by atoms with Crippen LogP contribution in [0.15, 0.2) is 65.7 Å².